The minimum atomic E-state index is 0.256. The SMILES string of the molecule is CCCN(CCO)Cc1ccc(CC)s1. The lowest BCUT2D eigenvalue weighted by atomic mass is 10.3. The normalized spacial score (nSPS) is 11.2. The minimum Gasteiger partial charge on any atom is -0.395 e. The second-order valence-corrected chi connectivity index (χ2v) is 4.97. The van der Waals surface area contributed by atoms with E-state index in [1.807, 2.05) is 11.3 Å². The fourth-order valence-electron chi connectivity index (χ4n) is 1.65. The molecule has 1 N–H and O–H groups in total. The Labute approximate surface area is 96.5 Å². The predicted molar refractivity (Wildman–Crippen MR) is 66.4 cm³/mol. The standard InChI is InChI=1S/C12H21NOS/c1-3-7-13(8-9-14)10-12-6-5-11(4-2)15-12/h5-6,14H,3-4,7-10H2,1-2H3. The van der Waals surface area contributed by atoms with Gasteiger partial charge in [-0.1, -0.05) is 13.8 Å². The number of thiophene rings is 1. The monoisotopic (exact) mass is 227 g/mol. The fourth-order valence-corrected chi connectivity index (χ4v) is 2.65. The molecule has 0 aromatic carbocycles. The van der Waals surface area contributed by atoms with Crippen molar-refractivity contribution in [2.45, 2.75) is 33.2 Å². The van der Waals surface area contributed by atoms with Gasteiger partial charge in [-0.3, -0.25) is 4.90 Å². The largest absolute Gasteiger partial charge is 0.395 e. The van der Waals surface area contributed by atoms with Crippen LogP contribution >= 0.6 is 11.3 Å². The van der Waals surface area contributed by atoms with Crippen molar-refractivity contribution in [1.82, 2.24) is 4.90 Å². The maximum atomic E-state index is 8.95. The maximum absolute atomic E-state index is 8.95. The van der Waals surface area contributed by atoms with Crippen LogP contribution in [-0.2, 0) is 13.0 Å². The first-order chi connectivity index (χ1) is 7.30. The van der Waals surface area contributed by atoms with E-state index in [-0.39, 0.29) is 6.61 Å². The molecule has 0 amide bonds. The molecule has 0 unspecified atom stereocenters. The Morgan fingerprint density at radius 3 is 2.47 bits per heavy atom. The summed E-state index contributed by atoms with van der Waals surface area (Å²) in [5.41, 5.74) is 0. The van der Waals surface area contributed by atoms with Crippen LogP contribution in [0.4, 0.5) is 0 Å². The van der Waals surface area contributed by atoms with Gasteiger partial charge in [0.05, 0.1) is 6.61 Å². The molecular formula is C12H21NOS. The Hall–Kier alpha value is -0.380. The summed E-state index contributed by atoms with van der Waals surface area (Å²) in [6, 6.07) is 4.42. The van der Waals surface area contributed by atoms with Gasteiger partial charge < -0.3 is 5.11 Å². The smallest absolute Gasteiger partial charge is 0.0558 e. The molecule has 0 saturated heterocycles. The Morgan fingerprint density at radius 1 is 1.20 bits per heavy atom. The van der Waals surface area contributed by atoms with Crippen molar-refractivity contribution in [3.8, 4) is 0 Å². The van der Waals surface area contributed by atoms with Gasteiger partial charge in [0.25, 0.3) is 0 Å². The average molecular weight is 227 g/mol. The Balaban J connectivity index is 2.48. The quantitative estimate of drug-likeness (QED) is 0.773. The summed E-state index contributed by atoms with van der Waals surface area (Å²) < 4.78 is 0. The summed E-state index contributed by atoms with van der Waals surface area (Å²) in [4.78, 5) is 5.17. The zero-order valence-electron chi connectivity index (χ0n) is 9.70. The van der Waals surface area contributed by atoms with Gasteiger partial charge in [0.1, 0.15) is 0 Å². The number of nitrogens with zero attached hydrogens (tertiary/aromatic N) is 1. The molecule has 1 rings (SSSR count). The lowest BCUT2D eigenvalue weighted by Gasteiger charge is -2.19. The topological polar surface area (TPSA) is 23.5 Å². The van der Waals surface area contributed by atoms with Crippen LogP contribution in [0.3, 0.4) is 0 Å². The zero-order chi connectivity index (χ0) is 11.1. The van der Waals surface area contributed by atoms with Crippen LogP contribution in [0, 0.1) is 0 Å². The van der Waals surface area contributed by atoms with Gasteiger partial charge in [-0.25, -0.2) is 0 Å². The van der Waals surface area contributed by atoms with Crippen molar-refractivity contribution in [3.05, 3.63) is 21.9 Å². The van der Waals surface area contributed by atoms with Gasteiger partial charge in [-0.15, -0.1) is 11.3 Å². The molecule has 1 heterocycles. The molecule has 3 heteroatoms. The number of aliphatic hydroxyl groups is 1. The Bertz CT molecular complexity index is 266. The summed E-state index contributed by atoms with van der Waals surface area (Å²) in [7, 11) is 0. The highest BCUT2D eigenvalue weighted by Crippen LogP contribution is 2.18. The first kappa shape index (κ1) is 12.7. The average Bonchev–Trinajstić information content (AvgIpc) is 2.66. The lowest BCUT2D eigenvalue weighted by Crippen LogP contribution is -2.26. The highest BCUT2D eigenvalue weighted by molar-refractivity contribution is 7.11. The second-order valence-electron chi connectivity index (χ2n) is 3.72. The molecule has 0 aliphatic carbocycles. The molecule has 0 radical (unpaired) electrons. The van der Waals surface area contributed by atoms with Crippen LogP contribution < -0.4 is 0 Å². The summed E-state index contributed by atoms with van der Waals surface area (Å²) in [5.74, 6) is 0. The highest BCUT2D eigenvalue weighted by atomic mass is 32.1. The molecular weight excluding hydrogens is 206 g/mol. The molecule has 1 aromatic rings. The van der Waals surface area contributed by atoms with Crippen molar-refractivity contribution < 1.29 is 5.11 Å². The fraction of sp³-hybridized carbons (Fsp3) is 0.667. The molecule has 0 spiro atoms. The van der Waals surface area contributed by atoms with Crippen LogP contribution in [0.25, 0.3) is 0 Å². The highest BCUT2D eigenvalue weighted by Gasteiger charge is 2.06. The van der Waals surface area contributed by atoms with E-state index in [4.69, 9.17) is 5.11 Å². The Morgan fingerprint density at radius 2 is 1.93 bits per heavy atom. The van der Waals surface area contributed by atoms with E-state index >= 15 is 0 Å². The summed E-state index contributed by atoms with van der Waals surface area (Å²) >= 11 is 1.89. The first-order valence-electron chi connectivity index (χ1n) is 5.71. The number of rotatable bonds is 7. The Kier molecular flexibility index (Phi) is 5.91. The molecule has 86 valence electrons. The van der Waals surface area contributed by atoms with Crippen molar-refractivity contribution in [1.29, 1.82) is 0 Å². The van der Waals surface area contributed by atoms with E-state index in [0.717, 1.165) is 32.5 Å². The molecule has 0 saturated carbocycles. The molecule has 15 heavy (non-hydrogen) atoms. The molecule has 0 aliphatic rings. The third kappa shape index (κ3) is 4.33. The predicted octanol–water partition coefficient (Wildman–Crippen LogP) is 2.51. The van der Waals surface area contributed by atoms with Gasteiger partial charge in [-0.05, 0) is 31.5 Å². The van der Waals surface area contributed by atoms with Crippen LogP contribution in [0.1, 0.15) is 30.0 Å². The number of aliphatic hydroxyl groups excluding tert-OH is 1. The van der Waals surface area contributed by atoms with Crippen molar-refractivity contribution >= 4 is 11.3 Å². The van der Waals surface area contributed by atoms with Gasteiger partial charge in [0.2, 0.25) is 0 Å². The van der Waals surface area contributed by atoms with Crippen molar-refractivity contribution in [2.75, 3.05) is 19.7 Å². The van der Waals surface area contributed by atoms with E-state index in [1.54, 1.807) is 0 Å². The number of hydrogen-bond acceptors (Lipinski definition) is 3. The van der Waals surface area contributed by atoms with Crippen LogP contribution in [0.15, 0.2) is 12.1 Å². The molecule has 2 nitrogen and oxygen atoms in total. The number of hydrogen-bond donors (Lipinski definition) is 1. The van der Waals surface area contributed by atoms with Crippen molar-refractivity contribution in [3.63, 3.8) is 0 Å². The van der Waals surface area contributed by atoms with Gasteiger partial charge in [-0.2, -0.15) is 0 Å². The van der Waals surface area contributed by atoms with E-state index < -0.39 is 0 Å². The van der Waals surface area contributed by atoms with Crippen LogP contribution in [-0.4, -0.2) is 29.7 Å². The second kappa shape index (κ2) is 6.99. The van der Waals surface area contributed by atoms with Gasteiger partial charge >= 0.3 is 0 Å². The first-order valence-corrected chi connectivity index (χ1v) is 6.52. The minimum absolute atomic E-state index is 0.256. The van der Waals surface area contributed by atoms with Crippen LogP contribution in [0.2, 0.25) is 0 Å². The molecule has 0 atom stereocenters. The van der Waals surface area contributed by atoms with Crippen molar-refractivity contribution in [2.24, 2.45) is 0 Å². The van der Waals surface area contributed by atoms with E-state index in [2.05, 4.69) is 30.9 Å². The van der Waals surface area contributed by atoms with Crippen LogP contribution in [0.5, 0.6) is 0 Å². The van der Waals surface area contributed by atoms with Gasteiger partial charge in [0, 0.05) is 22.8 Å². The third-order valence-corrected chi connectivity index (χ3v) is 3.62. The zero-order valence-corrected chi connectivity index (χ0v) is 10.5. The molecule has 0 aliphatic heterocycles. The molecule has 0 fully saturated rings. The third-order valence-electron chi connectivity index (χ3n) is 2.40. The number of aryl methyl sites for hydroxylation is 1. The summed E-state index contributed by atoms with van der Waals surface area (Å²) in [5, 5.41) is 8.95. The van der Waals surface area contributed by atoms with E-state index in [0.29, 0.717) is 0 Å². The van der Waals surface area contributed by atoms with Gasteiger partial charge in [0.15, 0.2) is 0 Å². The summed E-state index contributed by atoms with van der Waals surface area (Å²) in [6.45, 7) is 7.46. The van der Waals surface area contributed by atoms with E-state index in [9.17, 15) is 0 Å². The summed E-state index contributed by atoms with van der Waals surface area (Å²) in [6.07, 6.45) is 2.27. The molecule has 0 bridgehead atoms. The van der Waals surface area contributed by atoms with E-state index in [1.165, 1.54) is 9.75 Å². The molecule has 1 aromatic heterocycles. The maximum Gasteiger partial charge on any atom is 0.0558 e. The lowest BCUT2D eigenvalue weighted by molar-refractivity contribution is 0.191.